The van der Waals surface area contributed by atoms with Crippen molar-refractivity contribution in [1.29, 1.82) is 0 Å². The number of rotatable bonds is 2. The van der Waals surface area contributed by atoms with Crippen molar-refractivity contribution in [2.45, 2.75) is 37.6 Å². The number of hydrogen-bond acceptors (Lipinski definition) is 3. The third-order valence-corrected chi connectivity index (χ3v) is 3.85. The van der Waals surface area contributed by atoms with Crippen LogP contribution in [0.1, 0.15) is 37.7 Å². The number of halogens is 1. The first-order chi connectivity index (χ1) is 8.07. The summed E-state index contributed by atoms with van der Waals surface area (Å²) in [6, 6.07) is 3.28. The molecule has 0 saturated heterocycles. The molecule has 2 rings (SSSR count). The van der Waals surface area contributed by atoms with E-state index in [9.17, 15) is 5.11 Å². The molecule has 0 aliphatic heterocycles. The predicted molar refractivity (Wildman–Crippen MR) is 68.6 cm³/mol. The highest BCUT2D eigenvalue weighted by Gasteiger charge is 2.32. The molecule has 0 heterocycles. The van der Waals surface area contributed by atoms with Gasteiger partial charge in [0.05, 0.1) is 12.1 Å². The maximum absolute atomic E-state index is 10.0. The first-order valence-electron chi connectivity index (χ1n) is 5.93. The second-order valence-electron chi connectivity index (χ2n) is 4.72. The fraction of sp³-hybridized carbons (Fsp3) is 0.538. The lowest BCUT2D eigenvalue weighted by molar-refractivity contribution is 0.290. The van der Waals surface area contributed by atoms with E-state index in [-0.39, 0.29) is 5.75 Å². The van der Waals surface area contributed by atoms with Gasteiger partial charge >= 0.3 is 0 Å². The van der Waals surface area contributed by atoms with E-state index in [0.29, 0.717) is 10.8 Å². The van der Waals surface area contributed by atoms with Crippen LogP contribution in [0.25, 0.3) is 0 Å². The molecule has 1 fully saturated rings. The number of methoxy groups -OCH3 is 1. The molecule has 0 atom stereocenters. The molecule has 94 valence electrons. The van der Waals surface area contributed by atoms with Gasteiger partial charge in [-0.25, -0.2) is 0 Å². The summed E-state index contributed by atoms with van der Waals surface area (Å²) in [4.78, 5) is 0. The first-order valence-corrected chi connectivity index (χ1v) is 6.30. The van der Waals surface area contributed by atoms with E-state index in [1.807, 2.05) is 0 Å². The van der Waals surface area contributed by atoms with Gasteiger partial charge in [0.25, 0.3) is 0 Å². The maximum atomic E-state index is 10.0. The minimum Gasteiger partial charge on any atom is -0.508 e. The second kappa shape index (κ2) is 4.75. The highest BCUT2D eigenvalue weighted by atomic mass is 35.5. The van der Waals surface area contributed by atoms with Gasteiger partial charge in [-0.2, -0.15) is 0 Å². The molecule has 0 aromatic heterocycles. The summed E-state index contributed by atoms with van der Waals surface area (Å²) in [7, 11) is 1.56. The number of ether oxygens (including phenoxy) is 1. The zero-order valence-electron chi connectivity index (χ0n) is 10.0. The molecule has 3 nitrogen and oxygen atoms in total. The van der Waals surface area contributed by atoms with Crippen molar-refractivity contribution in [3.05, 3.63) is 22.7 Å². The molecule has 0 spiro atoms. The van der Waals surface area contributed by atoms with E-state index in [1.165, 1.54) is 12.5 Å². The molecular weight excluding hydrogens is 238 g/mol. The molecule has 1 saturated carbocycles. The molecule has 4 heteroatoms. The van der Waals surface area contributed by atoms with Gasteiger partial charge in [-0.1, -0.05) is 30.9 Å². The Hall–Kier alpha value is -0.930. The Morgan fingerprint density at radius 1 is 1.29 bits per heavy atom. The lowest BCUT2D eigenvalue weighted by atomic mass is 9.77. The van der Waals surface area contributed by atoms with Gasteiger partial charge in [-0.05, 0) is 18.9 Å². The number of phenols is 1. The number of phenolic OH excluding ortho intramolecular Hbond substituents is 1. The van der Waals surface area contributed by atoms with Crippen LogP contribution in [0.2, 0.25) is 5.02 Å². The molecule has 0 bridgehead atoms. The van der Waals surface area contributed by atoms with E-state index < -0.39 is 5.54 Å². The summed E-state index contributed by atoms with van der Waals surface area (Å²) in [5.41, 5.74) is 6.70. The normalized spacial score (nSPS) is 19.0. The Labute approximate surface area is 107 Å². The number of nitrogens with two attached hydrogens (primary N) is 1. The Bertz CT molecular complexity index is 414. The van der Waals surface area contributed by atoms with Crippen LogP contribution in [0.4, 0.5) is 0 Å². The Morgan fingerprint density at radius 3 is 2.53 bits per heavy atom. The SMILES string of the molecule is COc1cc(C2(N)CCCCC2)c(O)cc1Cl. The van der Waals surface area contributed by atoms with Crippen molar-refractivity contribution in [3.8, 4) is 11.5 Å². The molecule has 0 radical (unpaired) electrons. The van der Waals surface area contributed by atoms with Gasteiger partial charge in [0.1, 0.15) is 11.5 Å². The minimum atomic E-state index is -0.444. The first kappa shape index (κ1) is 12.5. The summed E-state index contributed by atoms with van der Waals surface area (Å²) in [5.74, 6) is 0.732. The van der Waals surface area contributed by atoms with Crippen molar-refractivity contribution in [1.82, 2.24) is 0 Å². The topological polar surface area (TPSA) is 55.5 Å². The van der Waals surface area contributed by atoms with Crippen molar-refractivity contribution in [2.24, 2.45) is 5.73 Å². The third-order valence-electron chi connectivity index (χ3n) is 3.55. The summed E-state index contributed by atoms with van der Waals surface area (Å²) < 4.78 is 5.18. The smallest absolute Gasteiger partial charge is 0.138 e. The van der Waals surface area contributed by atoms with Crippen LogP contribution in [0.5, 0.6) is 11.5 Å². The monoisotopic (exact) mass is 255 g/mol. The summed E-state index contributed by atoms with van der Waals surface area (Å²) in [5, 5.41) is 10.4. The summed E-state index contributed by atoms with van der Waals surface area (Å²) in [6.45, 7) is 0. The Kier molecular flexibility index (Phi) is 3.50. The average molecular weight is 256 g/mol. The highest BCUT2D eigenvalue weighted by Crippen LogP contribution is 2.42. The molecule has 1 aliphatic carbocycles. The largest absolute Gasteiger partial charge is 0.508 e. The lowest BCUT2D eigenvalue weighted by Gasteiger charge is -2.34. The molecule has 17 heavy (non-hydrogen) atoms. The van der Waals surface area contributed by atoms with E-state index in [0.717, 1.165) is 31.2 Å². The van der Waals surface area contributed by atoms with E-state index >= 15 is 0 Å². The van der Waals surface area contributed by atoms with E-state index in [4.69, 9.17) is 22.1 Å². The van der Waals surface area contributed by atoms with Gasteiger partial charge in [-0.15, -0.1) is 0 Å². The minimum absolute atomic E-state index is 0.167. The molecule has 3 N–H and O–H groups in total. The second-order valence-corrected chi connectivity index (χ2v) is 5.13. The van der Waals surface area contributed by atoms with Gasteiger partial charge in [0.15, 0.2) is 0 Å². The molecule has 1 aromatic carbocycles. The standard InChI is InChI=1S/C13H18ClNO2/c1-17-12-7-9(11(16)8-10(12)14)13(15)5-3-2-4-6-13/h7-8,16H,2-6,15H2,1H3. The average Bonchev–Trinajstić information content (AvgIpc) is 2.30. The quantitative estimate of drug-likeness (QED) is 0.853. The maximum Gasteiger partial charge on any atom is 0.138 e. The molecule has 1 aliphatic rings. The van der Waals surface area contributed by atoms with Crippen LogP contribution in [-0.4, -0.2) is 12.2 Å². The predicted octanol–water partition coefficient (Wildman–Crippen LogP) is 3.17. The van der Waals surface area contributed by atoms with Gasteiger partial charge in [0, 0.05) is 17.2 Å². The highest BCUT2D eigenvalue weighted by molar-refractivity contribution is 6.32. The van der Waals surface area contributed by atoms with Gasteiger partial charge in [0.2, 0.25) is 0 Å². The summed E-state index contributed by atoms with van der Waals surface area (Å²) in [6.07, 6.45) is 5.20. The van der Waals surface area contributed by atoms with Crippen LogP contribution >= 0.6 is 11.6 Å². The lowest BCUT2D eigenvalue weighted by Crippen LogP contribution is -2.38. The van der Waals surface area contributed by atoms with Gasteiger partial charge in [-0.3, -0.25) is 0 Å². The van der Waals surface area contributed by atoms with Gasteiger partial charge < -0.3 is 15.6 Å². The van der Waals surface area contributed by atoms with Crippen LogP contribution in [-0.2, 0) is 5.54 Å². The number of hydrogen-bond donors (Lipinski definition) is 2. The zero-order valence-corrected chi connectivity index (χ0v) is 10.8. The third kappa shape index (κ3) is 2.35. The fourth-order valence-corrected chi connectivity index (χ4v) is 2.79. The van der Waals surface area contributed by atoms with Crippen molar-refractivity contribution in [3.63, 3.8) is 0 Å². The fourth-order valence-electron chi connectivity index (χ4n) is 2.55. The van der Waals surface area contributed by atoms with Crippen molar-refractivity contribution in [2.75, 3.05) is 7.11 Å². The molecule has 0 unspecified atom stereocenters. The molecule has 1 aromatic rings. The number of benzene rings is 1. The Balaban J connectivity index is 2.43. The molecule has 0 amide bonds. The summed E-state index contributed by atoms with van der Waals surface area (Å²) >= 11 is 5.96. The van der Waals surface area contributed by atoms with Crippen LogP contribution in [0.15, 0.2) is 12.1 Å². The van der Waals surface area contributed by atoms with E-state index in [1.54, 1.807) is 13.2 Å². The van der Waals surface area contributed by atoms with Crippen LogP contribution < -0.4 is 10.5 Å². The number of aromatic hydroxyl groups is 1. The van der Waals surface area contributed by atoms with Crippen molar-refractivity contribution >= 4 is 11.6 Å². The van der Waals surface area contributed by atoms with E-state index in [2.05, 4.69) is 0 Å². The zero-order chi connectivity index (χ0) is 12.5. The van der Waals surface area contributed by atoms with Crippen molar-refractivity contribution < 1.29 is 9.84 Å². The van der Waals surface area contributed by atoms with Crippen LogP contribution in [0, 0.1) is 0 Å². The van der Waals surface area contributed by atoms with Crippen LogP contribution in [0.3, 0.4) is 0 Å². The Morgan fingerprint density at radius 2 is 1.94 bits per heavy atom. The molecular formula is C13H18ClNO2.